The van der Waals surface area contributed by atoms with Gasteiger partial charge in [0.15, 0.2) is 5.82 Å². The van der Waals surface area contributed by atoms with Gasteiger partial charge in [0.25, 0.3) is 0 Å². The third kappa shape index (κ3) is 5.49. The molecule has 1 amide bonds. The fraction of sp³-hybridized carbons (Fsp3) is 0.385. The van der Waals surface area contributed by atoms with Crippen LogP contribution in [-0.4, -0.2) is 78.9 Å². The van der Waals surface area contributed by atoms with Gasteiger partial charge >= 0.3 is 0 Å². The largest absolute Gasteiger partial charge is 0.340 e. The van der Waals surface area contributed by atoms with Crippen LogP contribution in [-0.2, 0) is 11.3 Å². The lowest BCUT2D eigenvalue weighted by Gasteiger charge is -2.32. The summed E-state index contributed by atoms with van der Waals surface area (Å²) in [5, 5.41) is 16.0. The van der Waals surface area contributed by atoms with E-state index < -0.39 is 0 Å². The van der Waals surface area contributed by atoms with Crippen LogP contribution in [0.2, 0.25) is 0 Å². The Balaban J connectivity index is 1.25. The molecule has 10 nitrogen and oxygen atoms in total. The predicted octanol–water partition coefficient (Wildman–Crippen LogP) is 3.31. The van der Waals surface area contributed by atoms with Gasteiger partial charge in [0.05, 0.1) is 30.0 Å². The lowest BCUT2D eigenvalue weighted by Crippen LogP contribution is -2.49. The van der Waals surface area contributed by atoms with Crippen molar-refractivity contribution in [2.75, 3.05) is 38.5 Å². The highest BCUT2D eigenvalue weighted by Gasteiger charge is 2.20. The third-order valence-corrected chi connectivity index (χ3v) is 6.43. The minimum absolute atomic E-state index is 0.202. The van der Waals surface area contributed by atoms with Gasteiger partial charge in [0.2, 0.25) is 5.91 Å². The summed E-state index contributed by atoms with van der Waals surface area (Å²) in [5.74, 6) is 1.92. The summed E-state index contributed by atoms with van der Waals surface area (Å²) in [7, 11) is 1.98. The van der Waals surface area contributed by atoms with E-state index in [-0.39, 0.29) is 5.91 Å². The molecule has 186 valence electrons. The van der Waals surface area contributed by atoms with Gasteiger partial charge < -0.3 is 10.2 Å². The summed E-state index contributed by atoms with van der Waals surface area (Å²) >= 11 is 0. The van der Waals surface area contributed by atoms with Gasteiger partial charge in [0.1, 0.15) is 5.82 Å². The molecule has 1 aliphatic rings. The molecular weight excluding hydrogens is 454 g/mol. The molecule has 1 saturated heterocycles. The lowest BCUT2D eigenvalue weighted by molar-refractivity contribution is -0.135. The summed E-state index contributed by atoms with van der Waals surface area (Å²) in [4.78, 5) is 25.5. The Labute approximate surface area is 210 Å². The standard InChI is InChI=1S/C26H31N9O/c1-18(2)19-12-25(32-28-14-19)31-24-6-5-22-23(30-24)11-20(13-27-22)21-15-29-35(16-21)8-4-7-34-10-9-33(3)17-26(34)36/h5-6,11-16,18H,4,7-10,17H2,1-3H3,(H,30,31,32). The molecule has 5 rings (SSSR count). The van der Waals surface area contributed by atoms with E-state index in [1.807, 2.05) is 59.5 Å². The van der Waals surface area contributed by atoms with Crippen molar-refractivity contribution in [1.29, 1.82) is 0 Å². The van der Waals surface area contributed by atoms with Crippen molar-refractivity contribution in [1.82, 2.24) is 39.7 Å². The zero-order valence-electron chi connectivity index (χ0n) is 20.9. The molecule has 5 heterocycles. The number of fused-ring (bicyclic) bond motifs is 1. The number of carbonyl (C=O) groups excluding carboxylic acids is 1. The fourth-order valence-corrected chi connectivity index (χ4v) is 4.24. The van der Waals surface area contributed by atoms with Crippen LogP contribution in [0.15, 0.2) is 49.1 Å². The number of pyridine rings is 2. The number of likely N-dealkylation sites (N-methyl/N-ethyl adjacent to an activating group) is 1. The topological polar surface area (TPSA) is 105 Å². The Morgan fingerprint density at radius 2 is 1.89 bits per heavy atom. The Bertz CT molecular complexity index is 1370. The van der Waals surface area contributed by atoms with E-state index in [1.54, 1.807) is 6.20 Å². The molecule has 0 radical (unpaired) electrons. The van der Waals surface area contributed by atoms with Crippen LogP contribution >= 0.6 is 0 Å². The van der Waals surface area contributed by atoms with E-state index in [0.717, 1.165) is 60.3 Å². The number of amides is 1. The van der Waals surface area contributed by atoms with Crippen LogP contribution in [0.1, 0.15) is 31.7 Å². The van der Waals surface area contributed by atoms with Gasteiger partial charge in [0, 0.05) is 49.7 Å². The van der Waals surface area contributed by atoms with Crippen LogP contribution < -0.4 is 5.32 Å². The molecule has 0 saturated carbocycles. The highest BCUT2D eigenvalue weighted by Crippen LogP contribution is 2.24. The summed E-state index contributed by atoms with van der Waals surface area (Å²) in [6, 6.07) is 7.85. The number of carbonyl (C=O) groups is 1. The van der Waals surface area contributed by atoms with E-state index in [1.165, 1.54) is 0 Å². The van der Waals surface area contributed by atoms with Crippen molar-refractivity contribution < 1.29 is 4.79 Å². The van der Waals surface area contributed by atoms with Gasteiger partial charge in [-0.2, -0.15) is 10.2 Å². The Hall–Kier alpha value is -3.92. The van der Waals surface area contributed by atoms with Crippen molar-refractivity contribution in [2.45, 2.75) is 32.7 Å². The molecule has 1 N–H and O–H groups in total. The number of aryl methyl sites for hydroxylation is 1. The smallest absolute Gasteiger partial charge is 0.236 e. The first kappa shape index (κ1) is 23.8. The van der Waals surface area contributed by atoms with Gasteiger partial charge in [-0.15, -0.1) is 5.10 Å². The second kappa shape index (κ2) is 10.4. The number of rotatable bonds is 8. The van der Waals surface area contributed by atoms with Gasteiger partial charge in [-0.1, -0.05) is 13.8 Å². The maximum atomic E-state index is 12.1. The van der Waals surface area contributed by atoms with Crippen molar-refractivity contribution >= 4 is 28.6 Å². The maximum absolute atomic E-state index is 12.1. The molecule has 10 heteroatoms. The van der Waals surface area contributed by atoms with Crippen LogP contribution in [0.25, 0.3) is 22.2 Å². The Morgan fingerprint density at radius 3 is 2.72 bits per heavy atom. The Kier molecular flexibility index (Phi) is 6.86. The molecule has 1 aliphatic heterocycles. The molecular formula is C26H31N9O. The SMILES string of the molecule is CC(C)c1cnnc(Nc2ccc3ncc(-c4cnn(CCCN5CCN(C)CC5=O)c4)cc3n2)c1. The molecule has 0 aliphatic carbocycles. The molecule has 4 aromatic rings. The van der Waals surface area contributed by atoms with E-state index in [2.05, 4.69) is 44.3 Å². The van der Waals surface area contributed by atoms with E-state index >= 15 is 0 Å². The third-order valence-electron chi connectivity index (χ3n) is 6.43. The fourth-order valence-electron chi connectivity index (χ4n) is 4.24. The molecule has 4 aromatic heterocycles. The normalized spacial score (nSPS) is 14.7. The van der Waals surface area contributed by atoms with Crippen molar-refractivity contribution in [3.63, 3.8) is 0 Å². The highest BCUT2D eigenvalue weighted by atomic mass is 16.2. The average Bonchev–Trinajstić information content (AvgIpc) is 3.34. The minimum Gasteiger partial charge on any atom is -0.340 e. The van der Waals surface area contributed by atoms with Gasteiger partial charge in [-0.25, -0.2) is 4.98 Å². The quantitative estimate of drug-likeness (QED) is 0.405. The first-order chi connectivity index (χ1) is 17.4. The number of hydrogen-bond acceptors (Lipinski definition) is 8. The minimum atomic E-state index is 0.202. The van der Waals surface area contributed by atoms with Crippen LogP contribution in [0.3, 0.4) is 0 Å². The van der Waals surface area contributed by atoms with Crippen LogP contribution in [0.4, 0.5) is 11.6 Å². The second-order valence-electron chi connectivity index (χ2n) is 9.58. The first-order valence-corrected chi connectivity index (χ1v) is 12.3. The molecule has 1 fully saturated rings. The number of aromatic nitrogens is 6. The van der Waals surface area contributed by atoms with Gasteiger partial charge in [-0.05, 0) is 49.2 Å². The molecule has 0 spiro atoms. The molecule has 0 atom stereocenters. The number of nitrogens with one attached hydrogen (secondary N) is 1. The van der Waals surface area contributed by atoms with E-state index in [9.17, 15) is 4.79 Å². The maximum Gasteiger partial charge on any atom is 0.236 e. The van der Waals surface area contributed by atoms with E-state index in [0.29, 0.717) is 24.1 Å². The van der Waals surface area contributed by atoms with Crippen LogP contribution in [0.5, 0.6) is 0 Å². The number of hydrogen-bond donors (Lipinski definition) is 1. The Morgan fingerprint density at radius 1 is 1.00 bits per heavy atom. The molecule has 0 bridgehead atoms. The monoisotopic (exact) mass is 485 g/mol. The number of piperazine rings is 1. The van der Waals surface area contributed by atoms with Gasteiger partial charge in [-0.3, -0.25) is 19.4 Å². The lowest BCUT2D eigenvalue weighted by atomic mass is 10.1. The first-order valence-electron chi connectivity index (χ1n) is 12.3. The van der Waals surface area contributed by atoms with Crippen molar-refractivity contribution in [3.8, 4) is 11.1 Å². The van der Waals surface area contributed by atoms with Crippen molar-refractivity contribution in [3.05, 3.63) is 54.6 Å². The number of anilines is 2. The van der Waals surface area contributed by atoms with Crippen molar-refractivity contribution in [2.24, 2.45) is 0 Å². The zero-order chi connectivity index (χ0) is 25.1. The molecule has 0 unspecified atom stereocenters. The second-order valence-corrected chi connectivity index (χ2v) is 9.58. The summed E-state index contributed by atoms with van der Waals surface area (Å²) in [6.45, 7) is 7.98. The average molecular weight is 486 g/mol. The summed E-state index contributed by atoms with van der Waals surface area (Å²) in [6.07, 6.45) is 8.36. The summed E-state index contributed by atoms with van der Waals surface area (Å²) < 4.78 is 1.92. The number of nitrogens with zero attached hydrogens (tertiary/aromatic N) is 8. The molecule has 0 aromatic carbocycles. The zero-order valence-corrected chi connectivity index (χ0v) is 20.9. The van der Waals surface area contributed by atoms with Crippen LogP contribution in [0, 0.1) is 0 Å². The highest BCUT2D eigenvalue weighted by molar-refractivity contribution is 5.81. The van der Waals surface area contributed by atoms with E-state index in [4.69, 9.17) is 4.98 Å². The molecule has 36 heavy (non-hydrogen) atoms. The summed E-state index contributed by atoms with van der Waals surface area (Å²) in [5.41, 5.74) is 4.65. The predicted molar refractivity (Wildman–Crippen MR) is 139 cm³/mol.